The molecule has 0 radical (unpaired) electrons. The fourth-order valence-electron chi connectivity index (χ4n) is 0.909. The molecule has 1 aromatic carbocycles. The topological polar surface area (TPSA) is 131 Å². The van der Waals surface area contributed by atoms with Gasteiger partial charge in [0.05, 0.1) is 5.02 Å². The van der Waals surface area contributed by atoms with E-state index >= 15 is 0 Å². The monoisotopic (exact) mass is 298 g/mol. The summed E-state index contributed by atoms with van der Waals surface area (Å²) in [5.74, 6) is -1.13. The molecule has 0 saturated heterocycles. The summed E-state index contributed by atoms with van der Waals surface area (Å²) < 4.78 is 23.3. The van der Waals surface area contributed by atoms with Crippen LogP contribution in [-0.2, 0) is 10.0 Å². The third-order valence-corrected chi connectivity index (χ3v) is 3.31. The average molecular weight is 299 g/mol. The number of phenols is 1. The number of hydrogen-bond donors (Lipinski definition) is 4. The number of hydrogen-bond acceptors (Lipinski definition) is 4. The molecule has 0 heterocycles. The Hall–Kier alpha value is -1.38. The Morgan fingerprint density at radius 3 is 2.47 bits per heavy atom. The van der Waals surface area contributed by atoms with Crippen molar-refractivity contribution in [2.75, 3.05) is 0 Å². The second-order valence-electron chi connectivity index (χ2n) is 2.87. The normalized spacial score (nSPS) is 10.9. The van der Waals surface area contributed by atoms with Gasteiger partial charge in [-0.15, -0.1) is 5.10 Å². The summed E-state index contributed by atoms with van der Waals surface area (Å²) in [5.41, 5.74) is 9.92. The lowest BCUT2D eigenvalue weighted by Crippen LogP contribution is -2.29. The van der Waals surface area contributed by atoms with E-state index in [2.05, 4.69) is 5.10 Å². The molecule has 0 spiro atoms. The lowest BCUT2D eigenvalue weighted by Gasteiger charge is -2.07. The summed E-state index contributed by atoms with van der Waals surface area (Å²) in [5, 5.41) is 12.4. The SMILES string of the molecule is NC(N)=NNS(=O)(=O)c1cc(Cl)cc(Cl)c1O. The van der Waals surface area contributed by atoms with Gasteiger partial charge in [0.1, 0.15) is 4.90 Å². The van der Waals surface area contributed by atoms with Crippen molar-refractivity contribution in [1.82, 2.24) is 4.83 Å². The van der Waals surface area contributed by atoms with Crippen LogP contribution in [0.1, 0.15) is 0 Å². The standard InChI is InChI=1S/C7H8Cl2N4O3S/c8-3-1-4(9)6(14)5(2-3)17(15,16)13-12-7(10)11/h1-2,13-14H,(H4,10,11,12). The predicted octanol–water partition coefficient (Wildman–Crippen LogP) is 0.166. The number of sulfonamides is 1. The van der Waals surface area contributed by atoms with Crippen LogP contribution in [0.15, 0.2) is 22.1 Å². The number of hydrazone groups is 1. The Labute approximate surface area is 107 Å². The molecule has 0 bridgehead atoms. The maximum absolute atomic E-state index is 11.7. The van der Waals surface area contributed by atoms with Crippen LogP contribution in [0, 0.1) is 0 Å². The van der Waals surface area contributed by atoms with Gasteiger partial charge in [-0.1, -0.05) is 23.2 Å². The minimum atomic E-state index is -4.15. The number of aromatic hydroxyl groups is 1. The highest BCUT2D eigenvalue weighted by atomic mass is 35.5. The zero-order valence-electron chi connectivity index (χ0n) is 8.18. The summed E-state index contributed by atoms with van der Waals surface area (Å²) in [6, 6.07) is 2.20. The van der Waals surface area contributed by atoms with Crippen molar-refractivity contribution in [2.45, 2.75) is 4.90 Å². The molecular weight excluding hydrogens is 291 g/mol. The summed E-state index contributed by atoms with van der Waals surface area (Å²) in [7, 11) is -4.15. The van der Waals surface area contributed by atoms with Crippen LogP contribution >= 0.6 is 23.2 Å². The van der Waals surface area contributed by atoms with E-state index in [0.717, 1.165) is 6.07 Å². The molecule has 0 aliphatic carbocycles. The zero-order chi connectivity index (χ0) is 13.2. The Morgan fingerprint density at radius 2 is 1.94 bits per heavy atom. The number of nitrogens with zero attached hydrogens (tertiary/aromatic N) is 1. The molecule has 10 heteroatoms. The molecule has 7 nitrogen and oxygen atoms in total. The van der Waals surface area contributed by atoms with Gasteiger partial charge in [-0.05, 0) is 12.1 Å². The first kappa shape index (κ1) is 13.7. The van der Waals surface area contributed by atoms with Gasteiger partial charge in [-0.2, -0.15) is 13.2 Å². The van der Waals surface area contributed by atoms with Gasteiger partial charge >= 0.3 is 0 Å². The third-order valence-electron chi connectivity index (χ3n) is 1.58. The van der Waals surface area contributed by atoms with E-state index in [1.165, 1.54) is 6.07 Å². The summed E-state index contributed by atoms with van der Waals surface area (Å²) in [4.78, 5) is 1.18. The second kappa shape index (κ2) is 4.86. The minimum Gasteiger partial charge on any atom is -0.505 e. The van der Waals surface area contributed by atoms with Crippen LogP contribution in [0.3, 0.4) is 0 Å². The van der Waals surface area contributed by atoms with Gasteiger partial charge in [0.2, 0.25) is 5.96 Å². The van der Waals surface area contributed by atoms with Crippen LogP contribution < -0.4 is 16.3 Å². The Balaban J connectivity index is 3.29. The molecule has 94 valence electrons. The number of halogens is 2. The van der Waals surface area contributed by atoms with Gasteiger partial charge in [0.15, 0.2) is 5.75 Å². The lowest BCUT2D eigenvalue weighted by atomic mass is 10.3. The largest absolute Gasteiger partial charge is 0.505 e. The maximum atomic E-state index is 11.7. The highest BCUT2D eigenvalue weighted by Crippen LogP contribution is 2.33. The number of guanidine groups is 1. The van der Waals surface area contributed by atoms with E-state index in [9.17, 15) is 13.5 Å². The molecule has 6 N–H and O–H groups in total. The van der Waals surface area contributed by atoms with Gasteiger partial charge in [-0.3, -0.25) is 0 Å². The van der Waals surface area contributed by atoms with E-state index in [4.69, 9.17) is 34.7 Å². The molecule has 0 amide bonds. The van der Waals surface area contributed by atoms with Crippen LogP contribution in [-0.4, -0.2) is 19.5 Å². The first-order chi connectivity index (χ1) is 7.74. The van der Waals surface area contributed by atoms with Gasteiger partial charge < -0.3 is 16.6 Å². The first-order valence-electron chi connectivity index (χ1n) is 4.02. The van der Waals surface area contributed by atoms with E-state index in [1.807, 2.05) is 0 Å². The molecular formula is C7H8Cl2N4O3S. The molecule has 1 rings (SSSR count). The van der Waals surface area contributed by atoms with Gasteiger partial charge in [-0.25, -0.2) is 0 Å². The van der Waals surface area contributed by atoms with Gasteiger partial charge in [0.25, 0.3) is 10.0 Å². The number of phenolic OH excluding ortho intramolecular Hbond substituents is 1. The summed E-state index contributed by atoms with van der Waals surface area (Å²) in [6.45, 7) is 0. The third kappa shape index (κ3) is 3.29. The van der Waals surface area contributed by atoms with Crippen LogP contribution in [0.4, 0.5) is 0 Å². The fraction of sp³-hybridized carbons (Fsp3) is 0. The molecule has 0 unspecified atom stereocenters. The molecule has 0 fully saturated rings. The van der Waals surface area contributed by atoms with Crippen molar-refractivity contribution in [2.24, 2.45) is 16.6 Å². The zero-order valence-corrected chi connectivity index (χ0v) is 10.5. The number of benzene rings is 1. The highest BCUT2D eigenvalue weighted by molar-refractivity contribution is 7.89. The number of rotatable bonds is 3. The number of nitrogens with two attached hydrogens (primary N) is 2. The predicted molar refractivity (Wildman–Crippen MR) is 64.3 cm³/mol. The molecule has 0 saturated carbocycles. The van der Waals surface area contributed by atoms with Crippen molar-refractivity contribution in [3.63, 3.8) is 0 Å². The molecule has 0 atom stereocenters. The van der Waals surface area contributed by atoms with Crippen molar-refractivity contribution in [1.29, 1.82) is 0 Å². The Bertz CT molecular complexity index is 569. The van der Waals surface area contributed by atoms with E-state index in [1.54, 1.807) is 4.83 Å². The van der Waals surface area contributed by atoms with Crippen molar-refractivity contribution >= 4 is 39.2 Å². The van der Waals surface area contributed by atoms with Crippen molar-refractivity contribution in [3.05, 3.63) is 22.2 Å². The smallest absolute Gasteiger partial charge is 0.280 e. The maximum Gasteiger partial charge on any atom is 0.280 e. The molecule has 0 aliphatic rings. The van der Waals surface area contributed by atoms with E-state index < -0.39 is 26.6 Å². The van der Waals surface area contributed by atoms with Crippen molar-refractivity contribution < 1.29 is 13.5 Å². The minimum absolute atomic E-state index is 0.0397. The Kier molecular flexibility index (Phi) is 3.91. The molecule has 17 heavy (non-hydrogen) atoms. The molecule has 1 aromatic rings. The highest BCUT2D eigenvalue weighted by Gasteiger charge is 2.21. The molecule has 0 aliphatic heterocycles. The first-order valence-corrected chi connectivity index (χ1v) is 6.26. The molecule has 0 aromatic heterocycles. The lowest BCUT2D eigenvalue weighted by molar-refractivity contribution is 0.458. The summed E-state index contributed by atoms with van der Waals surface area (Å²) >= 11 is 11.2. The van der Waals surface area contributed by atoms with Gasteiger partial charge in [0, 0.05) is 5.02 Å². The van der Waals surface area contributed by atoms with Crippen LogP contribution in [0.25, 0.3) is 0 Å². The fourth-order valence-corrected chi connectivity index (χ4v) is 2.49. The average Bonchev–Trinajstić information content (AvgIpc) is 2.20. The second-order valence-corrected chi connectivity index (χ2v) is 5.34. The summed E-state index contributed by atoms with van der Waals surface area (Å²) in [6.07, 6.45) is 0. The quantitative estimate of drug-likeness (QED) is 0.359. The van der Waals surface area contributed by atoms with Crippen LogP contribution in [0.5, 0.6) is 5.75 Å². The van der Waals surface area contributed by atoms with Crippen LogP contribution in [0.2, 0.25) is 10.0 Å². The Morgan fingerprint density at radius 1 is 1.35 bits per heavy atom. The van der Waals surface area contributed by atoms with E-state index in [-0.39, 0.29) is 10.0 Å². The van der Waals surface area contributed by atoms with E-state index in [0.29, 0.717) is 0 Å². The van der Waals surface area contributed by atoms with Crippen molar-refractivity contribution in [3.8, 4) is 5.75 Å². The number of nitrogens with one attached hydrogen (secondary N) is 1.